The molecule has 0 aliphatic carbocycles. The lowest BCUT2D eigenvalue weighted by molar-refractivity contribution is 0.792. The molecular formula is C11H14ClN3. The lowest BCUT2D eigenvalue weighted by Gasteiger charge is -2.01. The van der Waals surface area contributed by atoms with Crippen molar-refractivity contribution in [3.8, 4) is 0 Å². The summed E-state index contributed by atoms with van der Waals surface area (Å²) >= 11 is 5.57. The number of hydrogen-bond donors (Lipinski definition) is 1. The van der Waals surface area contributed by atoms with E-state index in [1.807, 2.05) is 14.0 Å². The van der Waals surface area contributed by atoms with Crippen LogP contribution >= 0.6 is 11.6 Å². The number of alkyl halides is 1. The quantitative estimate of drug-likeness (QED) is 0.639. The Labute approximate surface area is 94.1 Å². The molecular weight excluding hydrogens is 210 g/mol. The highest BCUT2D eigenvalue weighted by molar-refractivity contribution is 6.17. The van der Waals surface area contributed by atoms with Gasteiger partial charge in [0.05, 0.1) is 17.0 Å². The van der Waals surface area contributed by atoms with E-state index < -0.39 is 0 Å². The number of rotatable bonds is 3. The summed E-state index contributed by atoms with van der Waals surface area (Å²) in [4.78, 5) is 4.48. The molecule has 80 valence electrons. The SMILES string of the molecule is Cc1nc2cc(CNCCl)ccc2n1C. The Balaban J connectivity index is 2.39. The minimum atomic E-state index is 0.472. The molecule has 1 N–H and O–H groups in total. The predicted octanol–water partition coefficient (Wildman–Crippen LogP) is 2.17. The second-order valence-electron chi connectivity index (χ2n) is 3.60. The summed E-state index contributed by atoms with van der Waals surface area (Å²) in [6.07, 6.45) is 0. The Morgan fingerprint density at radius 1 is 1.47 bits per heavy atom. The van der Waals surface area contributed by atoms with Gasteiger partial charge in [0.25, 0.3) is 0 Å². The largest absolute Gasteiger partial charge is 0.331 e. The number of halogens is 1. The first kappa shape index (κ1) is 10.5. The molecule has 0 atom stereocenters. The van der Waals surface area contributed by atoms with Gasteiger partial charge in [-0.2, -0.15) is 0 Å². The summed E-state index contributed by atoms with van der Waals surface area (Å²) in [5, 5.41) is 3.08. The maximum atomic E-state index is 5.57. The van der Waals surface area contributed by atoms with Crippen LogP contribution in [0.15, 0.2) is 18.2 Å². The Morgan fingerprint density at radius 2 is 2.27 bits per heavy atom. The van der Waals surface area contributed by atoms with Crippen LogP contribution in [-0.4, -0.2) is 15.6 Å². The van der Waals surface area contributed by atoms with E-state index in [1.165, 1.54) is 11.1 Å². The van der Waals surface area contributed by atoms with Gasteiger partial charge in [0.1, 0.15) is 5.82 Å². The molecule has 4 heteroatoms. The van der Waals surface area contributed by atoms with E-state index in [-0.39, 0.29) is 0 Å². The maximum Gasteiger partial charge on any atom is 0.106 e. The van der Waals surface area contributed by atoms with E-state index in [4.69, 9.17) is 11.6 Å². The summed E-state index contributed by atoms with van der Waals surface area (Å²) in [7, 11) is 2.03. The van der Waals surface area contributed by atoms with Gasteiger partial charge in [-0.25, -0.2) is 4.98 Å². The molecule has 2 rings (SSSR count). The number of benzene rings is 1. The molecule has 1 aromatic carbocycles. The van der Waals surface area contributed by atoms with E-state index in [2.05, 4.69) is 33.1 Å². The van der Waals surface area contributed by atoms with Crippen molar-refractivity contribution in [1.29, 1.82) is 0 Å². The van der Waals surface area contributed by atoms with Crippen LogP contribution in [0.25, 0.3) is 11.0 Å². The van der Waals surface area contributed by atoms with E-state index in [1.54, 1.807) is 0 Å². The monoisotopic (exact) mass is 223 g/mol. The van der Waals surface area contributed by atoms with Gasteiger partial charge >= 0.3 is 0 Å². The molecule has 15 heavy (non-hydrogen) atoms. The molecule has 1 heterocycles. The fourth-order valence-corrected chi connectivity index (χ4v) is 1.76. The van der Waals surface area contributed by atoms with Crippen LogP contribution in [0.3, 0.4) is 0 Å². The van der Waals surface area contributed by atoms with Crippen LogP contribution in [-0.2, 0) is 13.6 Å². The van der Waals surface area contributed by atoms with Crippen LogP contribution < -0.4 is 5.32 Å². The first-order chi connectivity index (χ1) is 7.22. The van der Waals surface area contributed by atoms with Crippen molar-refractivity contribution < 1.29 is 0 Å². The predicted molar refractivity (Wildman–Crippen MR) is 63.0 cm³/mol. The zero-order valence-corrected chi connectivity index (χ0v) is 9.67. The van der Waals surface area contributed by atoms with Crippen LogP contribution in [0.1, 0.15) is 11.4 Å². The van der Waals surface area contributed by atoms with Crippen molar-refractivity contribution in [2.24, 2.45) is 7.05 Å². The van der Waals surface area contributed by atoms with Gasteiger partial charge in [0, 0.05) is 13.6 Å². The minimum absolute atomic E-state index is 0.472. The molecule has 0 unspecified atom stereocenters. The normalized spacial score (nSPS) is 11.1. The lowest BCUT2D eigenvalue weighted by Crippen LogP contribution is -2.09. The molecule has 0 aliphatic rings. The highest BCUT2D eigenvalue weighted by Crippen LogP contribution is 2.16. The fourth-order valence-electron chi connectivity index (χ4n) is 1.67. The number of nitrogens with one attached hydrogen (secondary N) is 1. The molecule has 3 nitrogen and oxygen atoms in total. The molecule has 0 saturated heterocycles. The van der Waals surface area contributed by atoms with Gasteiger partial charge in [0.15, 0.2) is 0 Å². The van der Waals surface area contributed by atoms with Crippen molar-refractivity contribution in [2.45, 2.75) is 13.5 Å². The number of fused-ring (bicyclic) bond motifs is 1. The number of aromatic nitrogens is 2. The average Bonchev–Trinajstić information content (AvgIpc) is 2.52. The molecule has 0 saturated carbocycles. The molecule has 1 aromatic heterocycles. The minimum Gasteiger partial charge on any atom is -0.331 e. The van der Waals surface area contributed by atoms with Gasteiger partial charge in [-0.3, -0.25) is 5.32 Å². The van der Waals surface area contributed by atoms with Gasteiger partial charge in [-0.1, -0.05) is 6.07 Å². The van der Waals surface area contributed by atoms with E-state index in [9.17, 15) is 0 Å². The third-order valence-electron chi connectivity index (χ3n) is 2.59. The highest BCUT2D eigenvalue weighted by atomic mass is 35.5. The molecule has 0 aliphatic heterocycles. The third kappa shape index (κ3) is 1.98. The topological polar surface area (TPSA) is 29.9 Å². The molecule has 0 bridgehead atoms. The Hall–Kier alpha value is -1.06. The summed E-state index contributed by atoms with van der Waals surface area (Å²) < 4.78 is 2.09. The lowest BCUT2D eigenvalue weighted by atomic mass is 10.2. The van der Waals surface area contributed by atoms with Gasteiger partial charge < -0.3 is 4.57 Å². The molecule has 2 aromatic rings. The van der Waals surface area contributed by atoms with E-state index in [0.717, 1.165) is 17.9 Å². The molecule has 0 radical (unpaired) electrons. The van der Waals surface area contributed by atoms with Gasteiger partial charge in [-0.05, 0) is 24.6 Å². The molecule has 0 amide bonds. The van der Waals surface area contributed by atoms with E-state index >= 15 is 0 Å². The molecule has 0 fully saturated rings. The Kier molecular flexibility index (Phi) is 2.93. The standard InChI is InChI=1S/C11H14ClN3/c1-8-14-10-5-9(6-13-7-12)3-4-11(10)15(8)2/h3-5,13H,6-7H2,1-2H3. The Bertz CT molecular complexity index is 476. The second-order valence-corrected chi connectivity index (χ2v) is 3.87. The fraction of sp³-hybridized carbons (Fsp3) is 0.364. The first-order valence-electron chi connectivity index (χ1n) is 4.91. The van der Waals surface area contributed by atoms with Crippen molar-refractivity contribution in [3.05, 3.63) is 29.6 Å². The third-order valence-corrected chi connectivity index (χ3v) is 2.78. The van der Waals surface area contributed by atoms with Crippen molar-refractivity contribution in [2.75, 3.05) is 6.00 Å². The zero-order valence-electron chi connectivity index (χ0n) is 8.92. The summed E-state index contributed by atoms with van der Waals surface area (Å²) in [5.41, 5.74) is 3.42. The van der Waals surface area contributed by atoms with Crippen LogP contribution in [0.2, 0.25) is 0 Å². The van der Waals surface area contributed by atoms with Gasteiger partial charge in [-0.15, -0.1) is 11.6 Å². The van der Waals surface area contributed by atoms with Crippen molar-refractivity contribution in [3.63, 3.8) is 0 Å². The highest BCUT2D eigenvalue weighted by Gasteiger charge is 2.04. The second kappa shape index (κ2) is 4.21. The summed E-state index contributed by atoms with van der Waals surface area (Å²) in [6.45, 7) is 2.80. The summed E-state index contributed by atoms with van der Waals surface area (Å²) in [6, 6.07) is 6.77. The van der Waals surface area contributed by atoms with E-state index in [0.29, 0.717) is 6.00 Å². The van der Waals surface area contributed by atoms with Crippen LogP contribution in [0.5, 0.6) is 0 Å². The maximum absolute atomic E-state index is 5.57. The van der Waals surface area contributed by atoms with Crippen LogP contribution in [0, 0.1) is 6.92 Å². The number of nitrogens with zero attached hydrogens (tertiary/aromatic N) is 2. The molecule has 0 spiro atoms. The Morgan fingerprint density at radius 3 is 3.00 bits per heavy atom. The average molecular weight is 224 g/mol. The van der Waals surface area contributed by atoms with Gasteiger partial charge in [0.2, 0.25) is 0 Å². The first-order valence-corrected chi connectivity index (χ1v) is 5.44. The number of aryl methyl sites for hydroxylation is 2. The smallest absolute Gasteiger partial charge is 0.106 e. The summed E-state index contributed by atoms with van der Waals surface area (Å²) in [5.74, 6) is 1.03. The van der Waals surface area contributed by atoms with Crippen molar-refractivity contribution >= 4 is 22.6 Å². The van der Waals surface area contributed by atoms with Crippen LogP contribution in [0.4, 0.5) is 0 Å². The number of hydrogen-bond acceptors (Lipinski definition) is 2. The van der Waals surface area contributed by atoms with Crippen molar-refractivity contribution in [1.82, 2.24) is 14.9 Å². The zero-order chi connectivity index (χ0) is 10.8. The number of imidazole rings is 1.